The van der Waals surface area contributed by atoms with Gasteiger partial charge in [-0.05, 0) is 67.1 Å². The average molecular weight is 485 g/mol. The molecule has 4 rings (SSSR count). The van der Waals surface area contributed by atoms with Gasteiger partial charge in [0, 0.05) is 23.7 Å². The highest BCUT2D eigenvalue weighted by Gasteiger charge is 2.30. The van der Waals surface area contributed by atoms with Gasteiger partial charge in [0.2, 0.25) is 10.0 Å². The molecule has 1 aliphatic heterocycles. The lowest BCUT2D eigenvalue weighted by molar-refractivity contribution is 0.102. The van der Waals surface area contributed by atoms with Crippen molar-refractivity contribution in [1.82, 2.24) is 4.31 Å². The van der Waals surface area contributed by atoms with Crippen LogP contribution < -0.4 is 5.32 Å². The minimum Gasteiger partial charge on any atom is -0.506 e. The van der Waals surface area contributed by atoms with Gasteiger partial charge in [-0.15, -0.1) is 0 Å². The fourth-order valence-electron chi connectivity index (χ4n) is 4.05. The first-order valence-corrected chi connectivity index (χ1v) is 12.6. The Kier molecular flexibility index (Phi) is 7.02. The van der Waals surface area contributed by atoms with Gasteiger partial charge >= 0.3 is 0 Å². The lowest BCUT2D eigenvalue weighted by Crippen LogP contribution is -2.38. The highest BCUT2D eigenvalue weighted by atomic mass is 35.5. The molecule has 3 aromatic rings. The molecular formula is C25H25ClN2O4S. The summed E-state index contributed by atoms with van der Waals surface area (Å²) >= 11 is 5.93. The number of carbonyl (C=O) groups excluding carboxylic acids is 1. The maximum atomic E-state index is 13.2. The first-order valence-electron chi connectivity index (χ1n) is 10.8. The van der Waals surface area contributed by atoms with Crippen molar-refractivity contribution in [1.29, 1.82) is 0 Å². The number of hydrogen-bond acceptors (Lipinski definition) is 4. The molecule has 0 spiro atoms. The van der Waals surface area contributed by atoms with Crippen molar-refractivity contribution < 1.29 is 18.3 Å². The molecule has 0 unspecified atom stereocenters. The van der Waals surface area contributed by atoms with Crippen LogP contribution in [0.2, 0.25) is 5.02 Å². The normalized spacial score (nSPS) is 15.3. The van der Waals surface area contributed by atoms with E-state index in [-0.39, 0.29) is 21.9 Å². The van der Waals surface area contributed by atoms with Crippen LogP contribution >= 0.6 is 11.6 Å². The Labute approximate surface area is 198 Å². The van der Waals surface area contributed by atoms with Gasteiger partial charge in [0.1, 0.15) is 5.75 Å². The van der Waals surface area contributed by atoms with E-state index in [0.29, 0.717) is 24.0 Å². The minimum absolute atomic E-state index is 0.0759. The highest BCUT2D eigenvalue weighted by molar-refractivity contribution is 7.89. The Morgan fingerprint density at radius 1 is 1.00 bits per heavy atom. The Morgan fingerprint density at radius 3 is 2.45 bits per heavy atom. The van der Waals surface area contributed by atoms with Crippen molar-refractivity contribution in [2.24, 2.45) is 5.92 Å². The third kappa shape index (κ3) is 5.55. The second-order valence-corrected chi connectivity index (χ2v) is 10.6. The summed E-state index contributed by atoms with van der Waals surface area (Å²) in [5.41, 5.74) is 1.60. The van der Waals surface area contributed by atoms with E-state index in [2.05, 4.69) is 17.4 Å². The number of hydrogen-bond donors (Lipinski definition) is 2. The Morgan fingerprint density at radius 2 is 1.73 bits per heavy atom. The van der Waals surface area contributed by atoms with Gasteiger partial charge in [-0.1, -0.05) is 48.0 Å². The predicted molar refractivity (Wildman–Crippen MR) is 129 cm³/mol. The molecule has 0 bridgehead atoms. The topological polar surface area (TPSA) is 86.7 Å². The Hall–Kier alpha value is -2.87. The van der Waals surface area contributed by atoms with Crippen molar-refractivity contribution in [2.45, 2.75) is 24.2 Å². The number of rotatable bonds is 6. The molecule has 0 aliphatic carbocycles. The minimum atomic E-state index is -3.72. The Bertz CT molecular complexity index is 1240. The van der Waals surface area contributed by atoms with Crippen LogP contribution in [0.3, 0.4) is 0 Å². The number of phenolic OH excluding ortho intramolecular Hbond substituents is 1. The number of nitrogens with one attached hydrogen (secondary N) is 1. The number of phenols is 1. The average Bonchev–Trinajstić information content (AvgIpc) is 2.82. The van der Waals surface area contributed by atoms with E-state index >= 15 is 0 Å². The van der Waals surface area contributed by atoms with E-state index < -0.39 is 15.9 Å². The fourth-order valence-corrected chi connectivity index (χ4v) is 5.74. The van der Waals surface area contributed by atoms with Gasteiger partial charge in [0.15, 0.2) is 0 Å². The van der Waals surface area contributed by atoms with Crippen LogP contribution in [-0.4, -0.2) is 36.8 Å². The highest BCUT2D eigenvalue weighted by Crippen LogP contribution is 2.29. The largest absolute Gasteiger partial charge is 0.506 e. The first kappa shape index (κ1) is 23.3. The molecule has 0 radical (unpaired) electrons. The molecule has 0 atom stereocenters. The number of anilines is 1. The molecule has 33 heavy (non-hydrogen) atoms. The number of benzene rings is 3. The van der Waals surface area contributed by atoms with Crippen molar-refractivity contribution in [3.8, 4) is 5.75 Å². The van der Waals surface area contributed by atoms with Crippen LogP contribution in [0.1, 0.15) is 28.8 Å². The van der Waals surface area contributed by atoms with Crippen LogP contribution in [0.4, 0.5) is 5.69 Å². The molecule has 1 saturated heterocycles. The van der Waals surface area contributed by atoms with Crippen LogP contribution in [-0.2, 0) is 16.4 Å². The maximum absolute atomic E-state index is 13.2. The van der Waals surface area contributed by atoms with Gasteiger partial charge < -0.3 is 10.4 Å². The molecular weight excluding hydrogens is 460 g/mol. The Balaban J connectivity index is 1.44. The summed E-state index contributed by atoms with van der Waals surface area (Å²) in [5.74, 6) is -0.220. The van der Waals surface area contributed by atoms with Crippen LogP contribution in [0.25, 0.3) is 0 Å². The van der Waals surface area contributed by atoms with E-state index in [4.69, 9.17) is 11.6 Å². The number of sulfonamides is 1. The van der Waals surface area contributed by atoms with Crippen LogP contribution in [0.15, 0.2) is 77.7 Å². The second kappa shape index (κ2) is 9.95. The molecule has 1 heterocycles. The summed E-state index contributed by atoms with van der Waals surface area (Å²) in [6.07, 6.45) is 2.53. The molecule has 0 saturated carbocycles. The van der Waals surface area contributed by atoms with E-state index in [1.807, 2.05) is 18.2 Å². The summed E-state index contributed by atoms with van der Waals surface area (Å²) in [7, 11) is -3.72. The van der Waals surface area contributed by atoms with Gasteiger partial charge in [0.05, 0.1) is 10.6 Å². The predicted octanol–water partition coefficient (Wildman–Crippen LogP) is 4.94. The summed E-state index contributed by atoms with van der Waals surface area (Å²) in [6.45, 7) is 0.902. The molecule has 0 aromatic heterocycles. The van der Waals surface area contributed by atoms with E-state index in [9.17, 15) is 18.3 Å². The van der Waals surface area contributed by atoms with Gasteiger partial charge in [-0.3, -0.25) is 4.79 Å². The molecule has 8 heteroatoms. The number of aromatic hydroxyl groups is 1. The molecule has 172 valence electrons. The lowest BCUT2D eigenvalue weighted by atomic mass is 9.91. The molecule has 1 aliphatic rings. The van der Waals surface area contributed by atoms with Crippen molar-refractivity contribution >= 4 is 33.2 Å². The molecule has 3 aromatic carbocycles. The molecule has 6 nitrogen and oxygen atoms in total. The van der Waals surface area contributed by atoms with Gasteiger partial charge in [-0.2, -0.15) is 4.31 Å². The van der Waals surface area contributed by atoms with Gasteiger partial charge in [-0.25, -0.2) is 8.42 Å². The molecule has 2 N–H and O–H groups in total. The van der Waals surface area contributed by atoms with Crippen molar-refractivity contribution in [3.63, 3.8) is 0 Å². The number of carbonyl (C=O) groups is 1. The van der Waals surface area contributed by atoms with E-state index in [1.165, 1.54) is 46.3 Å². The third-order valence-electron chi connectivity index (χ3n) is 5.88. The van der Waals surface area contributed by atoms with E-state index in [0.717, 1.165) is 19.3 Å². The monoisotopic (exact) mass is 484 g/mol. The van der Waals surface area contributed by atoms with Crippen molar-refractivity contribution in [3.05, 3.63) is 88.9 Å². The standard InChI is InChI=1S/C25H25ClN2O4S/c26-21-9-10-24(29)23(17-21)27-25(30)20-7-4-8-22(16-20)33(31,32)28-13-11-19(12-14-28)15-18-5-2-1-3-6-18/h1-10,16-17,19,29H,11-15H2,(H,27,30). The smallest absolute Gasteiger partial charge is 0.255 e. The zero-order valence-corrected chi connectivity index (χ0v) is 19.5. The maximum Gasteiger partial charge on any atom is 0.255 e. The quantitative estimate of drug-likeness (QED) is 0.485. The summed E-state index contributed by atoms with van der Waals surface area (Å²) < 4.78 is 27.9. The number of amides is 1. The van der Waals surface area contributed by atoms with Crippen molar-refractivity contribution in [2.75, 3.05) is 18.4 Å². The SMILES string of the molecule is O=C(Nc1cc(Cl)ccc1O)c1cccc(S(=O)(=O)N2CCC(Cc3ccccc3)CC2)c1. The zero-order chi connectivity index (χ0) is 23.4. The molecule has 1 amide bonds. The summed E-state index contributed by atoms with van der Waals surface area (Å²) in [5, 5.41) is 12.9. The van der Waals surface area contributed by atoms with Crippen LogP contribution in [0, 0.1) is 5.92 Å². The lowest BCUT2D eigenvalue weighted by Gasteiger charge is -2.31. The molecule has 1 fully saturated rings. The number of nitrogens with zero attached hydrogens (tertiary/aromatic N) is 1. The number of piperidine rings is 1. The first-order chi connectivity index (χ1) is 15.8. The van der Waals surface area contributed by atoms with Gasteiger partial charge in [0.25, 0.3) is 5.91 Å². The zero-order valence-electron chi connectivity index (χ0n) is 17.9. The second-order valence-electron chi connectivity index (χ2n) is 8.18. The summed E-state index contributed by atoms with van der Waals surface area (Å²) in [6, 6.07) is 20.5. The summed E-state index contributed by atoms with van der Waals surface area (Å²) in [4.78, 5) is 12.8. The fraction of sp³-hybridized carbons (Fsp3) is 0.240. The van der Waals surface area contributed by atoms with Crippen LogP contribution in [0.5, 0.6) is 5.75 Å². The van der Waals surface area contributed by atoms with E-state index in [1.54, 1.807) is 6.07 Å². The number of halogens is 1. The third-order valence-corrected chi connectivity index (χ3v) is 8.01.